The standard InChI is InChI=1S/C12H26N2/c1-5-14(12(2,3)4)10-8-11-7-6-9-13-11/h11,13H,5-10H2,1-4H3. The number of rotatable bonds is 4. The summed E-state index contributed by atoms with van der Waals surface area (Å²) in [5.74, 6) is 0. The van der Waals surface area contributed by atoms with E-state index in [1.54, 1.807) is 0 Å². The highest BCUT2D eigenvalue weighted by Crippen LogP contribution is 2.15. The molecule has 2 heteroatoms. The van der Waals surface area contributed by atoms with E-state index in [1.165, 1.54) is 32.4 Å². The summed E-state index contributed by atoms with van der Waals surface area (Å²) < 4.78 is 0. The highest BCUT2D eigenvalue weighted by molar-refractivity contribution is 4.79. The summed E-state index contributed by atoms with van der Waals surface area (Å²) >= 11 is 0. The van der Waals surface area contributed by atoms with Crippen LogP contribution in [0.2, 0.25) is 0 Å². The van der Waals surface area contributed by atoms with Crippen LogP contribution in [0.4, 0.5) is 0 Å². The van der Waals surface area contributed by atoms with E-state index in [2.05, 4.69) is 37.9 Å². The second-order valence-electron chi connectivity index (χ2n) is 5.33. The second-order valence-corrected chi connectivity index (χ2v) is 5.33. The Labute approximate surface area is 89.1 Å². The summed E-state index contributed by atoms with van der Waals surface area (Å²) in [6, 6.07) is 0.784. The zero-order valence-electron chi connectivity index (χ0n) is 10.3. The molecule has 1 fully saturated rings. The van der Waals surface area contributed by atoms with Gasteiger partial charge in [-0.2, -0.15) is 0 Å². The van der Waals surface area contributed by atoms with Gasteiger partial charge in [-0.3, -0.25) is 4.90 Å². The van der Waals surface area contributed by atoms with Crippen molar-refractivity contribution in [3.05, 3.63) is 0 Å². The molecule has 1 aliphatic rings. The first kappa shape index (κ1) is 12.0. The van der Waals surface area contributed by atoms with Gasteiger partial charge in [-0.15, -0.1) is 0 Å². The molecule has 1 heterocycles. The Hall–Kier alpha value is -0.0800. The van der Waals surface area contributed by atoms with Gasteiger partial charge in [0.2, 0.25) is 0 Å². The topological polar surface area (TPSA) is 15.3 Å². The van der Waals surface area contributed by atoms with Crippen LogP contribution in [0.5, 0.6) is 0 Å². The van der Waals surface area contributed by atoms with Gasteiger partial charge >= 0.3 is 0 Å². The zero-order chi connectivity index (χ0) is 10.6. The molecule has 0 aromatic heterocycles. The summed E-state index contributed by atoms with van der Waals surface area (Å²) in [6.07, 6.45) is 4.05. The highest BCUT2D eigenvalue weighted by Gasteiger charge is 2.21. The quantitative estimate of drug-likeness (QED) is 0.745. The molecule has 1 saturated heterocycles. The van der Waals surface area contributed by atoms with Gasteiger partial charge < -0.3 is 5.32 Å². The van der Waals surface area contributed by atoms with E-state index in [0.717, 1.165) is 12.6 Å². The smallest absolute Gasteiger partial charge is 0.0124 e. The average Bonchev–Trinajstić information content (AvgIpc) is 2.55. The molecule has 1 unspecified atom stereocenters. The third-order valence-corrected chi connectivity index (χ3v) is 3.24. The molecule has 2 nitrogen and oxygen atoms in total. The lowest BCUT2D eigenvalue weighted by Crippen LogP contribution is -2.43. The fourth-order valence-electron chi connectivity index (χ4n) is 2.28. The van der Waals surface area contributed by atoms with E-state index < -0.39 is 0 Å². The maximum absolute atomic E-state index is 3.56. The molecule has 1 N–H and O–H groups in total. The summed E-state index contributed by atoms with van der Waals surface area (Å²) in [5.41, 5.74) is 0.327. The van der Waals surface area contributed by atoms with E-state index >= 15 is 0 Å². The Morgan fingerprint density at radius 2 is 2.07 bits per heavy atom. The molecule has 1 aliphatic heterocycles. The Kier molecular flexibility index (Phi) is 4.39. The van der Waals surface area contributed by atoms with Crippen molar-refractivity contribution in [2.24, 2.45) is 0 Å². The van der Waals surface area contributed by atoms with Crippen LogP contribution >= 0.6 is 0 Å². The van der Waals surface area contributed by atoms with Gasteiger partial charge in [-0.05, 0) is 53.1 Å². The molecule has 0 spiro atoms. The van der Waals surface area contributed by atoms with Crippen molar-refractivity contribution in [3.63, 3.8) is 0 Å². The second kappa shape index (κ2) is 5.13. The third-order valence-electron chi connectivity index (χ3n) is 3.24. The Morgan fingerprint density at radius 3 is 2.50 bits per heavy atom. The van der Waals surface area contributed by atoms with Crippen LogP contribution < -0.4 is 5.32 Å². The number of nitrogens with zero attached hydrogens (tertiary/aromatic N) is 1. The fourth-order valence-corrected chi connectivity index (χ4v) is 2.28. The third kappa shape index (κ3) is 3.58. The van der Waals surface area contributed by atoms with Gasteiger partial charge in [0.05, 0.1) is 0 Å². The molecule has 1 rings (SSSR count). The lowest BCUT2D eigenvalue weighted by atomic mass is 10.0. The normalized spacial score (nSPS) is 23.4. The van der Waals surface area contributed by atoms with Crippen LogP contribution in [-0.4, -0.2) is 36.1 Å². The van der Waals surface area contributed by atoms with E-state index in [9.17, 15) is 0 Å². The van der Waals surface area contributed by atoms with Crippen LogP contribution in [-0.2, 0) is 0 Å². The molecule has 84 valence electrons. The van der Waals surface area contributed by atoms with E-state index in [-0.39, 0.29) is 0 Å². The maximum Gasteiger partial charge on any atom is 0.0124 e. The first-order valence-electron chi connectivity index (χ1n) is 6.02. The molecule has 1 atom stereocenters. The largest absolute Gasteiger partial charge is 0.314 e. The summed E-state index contributed by atoms with van der Waals surface area (Å²) in [7, 11) is 0. The molecule has 0 aromatic rings. The average molecular weight is 198 g/mol. The lowest BCUT2D eigenvalue weighted by Gasteiger charge is -2.35. The number of nitrogens with one attached hydrogen (secondary N) is 1. The molecule has 0 aromatic carbocycles. The fraction of sp³-hybridized carbons (Fsp3) is 1.00. The van der Waals surface area contributed by atoms with Gasteiger partial charge in [-0.1, -0.05) is 6.92 Å². The predicted octanol–water partition coefficient (Wildman–Crippen LogP) is 2.25. The Balaban J connectivity index is 2.26. The van der Waals surface area contributed by atoms with Crippen molar-refractivity contribution >= 4 is 0 Å². The SMILES string of the molecule is CCN(CCC1CCCN1)C(C)(C)C. The molecular formula is C12H26N2. The summed E-state index contributed by atoms with van der Waals surface area (Å²) in [4.78, 5) is 2.56. The van der Waals surface area contributed by atoms with Gasteiger partial charge in [0, 0.05) is 18.1 Å². The summed E-state index contributed by atoms with van der Waals surface area (Å²) in [6.45, 7) is 12.8. The first-order chi connectivity index (χ1) is 6.54. The van der Waals surface area contributed by atoms with Gasteiger partial charge in [0.15, 0.2) is 0 Å². The maximum atomic E-state index is 3.56. The Bertz CT molecular complexity index is 154. The highest BCUT2D eigenvalue weighted by atomic mass is 15.2. The minimum atomic E-state index is 0.327. The molecule has 0 aliphatic carbocycles. The predicted molar refractivity (Wildman–Crippen MR) is 62.6 cm³/mol. The van der Waals surface area contributed by atoms with Crippen LogP contribution in [0.25, 0.3) is 0 Å². The van der Waals surface area contributed by atoms with Crippen LogP contribution in [0.1, 0.15) is 47.0 Å². The van der Waals surface area contributed by atoms with Crippen molar-refractivity contribution < 1.29 is 0 Å². The van der Waals surface area contributed by atoms with E-state index in [4.69, 9.17) is 0 Å². The van der Waals surface area contributed by atoms with E-state index in [1.807, 2.05) is 0 Å². The van der Waals surface area contributed by atoms with E-state index in [0.29, 0.717) is 5.54 Å². The van der Waals surface area contributed by atoms with Crippen LogP contribution in [0.15, 0.2) is 0 Å². The van der Waals surface area contributed by atoms with Crippen molar-refractivity contribution in [2.75, 3.05) is 19.6 Å². The molecule has 0 radical (unpaired) electrons. The number of hydrogen-bond acceptors (Lipinski definition) is 2. The minimum absolute atomic E-state index is 0.327. The minimum Gasteiger partial charge on any atom is -0.314 e. The summed E-state index contributed by atoms with van der Waals surface area (Å²) in [5, 5.41) is 3.56. The monoisotopic (exact) mass is 198 g/mol. The van der Waals surface area contributed by atoms with Crippen molar-refractivity contribution in [3.8, 4) is 0 Å². The molecule has 14 heavy (non-hydrogen) atoms. The van der Waals surface area contributed by atoms with Crippen LogP contribution in [0, 0.1) is 0 Å². The van der Waals surface area contributed by atoms with Crippen molar-refractivity contribution in [2.45, 2.75) is 58.5 Å². The zero-order valence-corrected chi connectivity index (χ0v) is 10.3. The van der Waals surface area contributed by atoms with Gasteiger partial charge in [-0.25, -0.2) is 0 Å². The van der Waals surface area contributed by atoms with Crippen LogP contribution in [0.3, 0.4) is 0 Å². The van der Waals surface area contributed by atoms with Crippen molar-refractivity contribution in [1.29, 1.82) is 0 Å². The Morgan fingerprint density at radius 1 is 1.36 bits per heavy atom. The number of hydrogen-bond donors (Lipinski definition) is 1. The molecule has 0 saturated carbocycles. The first-order valence-corrected chi connectivity index (χ1v) is 6.02. The molecular weight excluding hydrogens is 172 g/mol. The lowest BCUT2D eigenvalue weighted by molar-refractivity contribution is 0.138. The van der Waals surface area contributed by atoms with Gasteiger partial charge in [0.25, 0.3) is 0 Å². The van der Waals surface area contributed by atoms with Crippen molar-refractivity contribution in [1.82, 2.24) is 10.2 Å². The molecule has 0 amide bonds. The molecule has 0 bridgehead atoms. The van der Waals surface area contributed by atoms with Gasteiger partial charge in [0.1, 0.15) is 0 Å².